The molecule has 2 nitrogen and oxygen atoms in total. The number of hydrogen-bond donors (Lipinski definition) is 1. The molecule has 1 N–H and O–H groups in total. The molecule has 0 amide bonds. The Morgan fingerprint density at radius 1 is 1.15 bits per heavy atom. The van der Waals surface area contributed by atoms with Gasteiger partial charge in [-0.3, -0.25) is 0 Å². The predicted octanol–water partition coefficient (Wildman–Crippen LogP) is 4.96. The molecule has 2 aromatic carbocycles. The quantitative estimate of drug-likeness (QED) is 0.762. The number of ether oxygens (including phenoxy) is 1. The van der Waals surface area contributed by atoms with Crippen molar-refractivity contribution >= 4 is 23.4 Å². The SMILES string of the molecule is CCNCc1c(Cl)cccc1Oc1ccc(SC)cc1. The first-order valence-corrected chi connectivity index (χ1v) is 8.15. The molecule has 0 saturated heterocycles. The van der Waals surface area contributed by atoms with Crippen LogP contribution in [-0.4, -0.2) is 12.8 Å². The first-order valence-electron chi connectivity index (χ1n) is 6.54. The molecule has 0 aliphatic rings. The summed E-state index contributed by atoms with van der Waals surface area (Å²) in [5, 5.41) is 4.01. The number of nitrogens with one attached hydrogen (secondary N) is 1. The van der Waals surface area contributed by atoms with Gasteiger partial charge in [-0.2, -0.15) is 0 Å². The molecule has 0 saturated carbocycles. The minimum atomic E-state index is 0.703. The van der Waals surface area contributed by atoms with E-state index in [0.29, 0.717) is 6.54 Å². The predicted molar refractivity (Wildman–Crippen MR) is 87.1 cm³/mol. The fourth-order valence-corrected chi connectivity index (χ4v) is 2.47. The summed E-state index contributed by atoms with van der Waals surface area (Å²) in [4.78, 5) is 1.22. The molecule has 0 aliphatic carbocycles. The Balaban J connectivity index is 2.20. The number of halogens is 1. The Hall–Kier alpha value is -1.16. The Morgan fingerprint density at radius 3 is 2.55 bits per heavy atom. The van der Waals surface area contributed by atoms with Crippen molar-refractivity contribution in [2.45, 2.75) is 18.4 Å². The Labute approximate surface area is 129 Å². The van der Waals surface area contributed by atoms with E-state index in [1.807, 2.05) is 30.3 Å². The smallest absolute Gasteiger partial charge is 0.133 e. The molecule has 4 heteroatoms. The third-order valence-electron chi connectivity index (χ3n) is 2.91. The average molecular weight is 308 g/mol. The lowest BCUT2D eigenvalue weighted by molar-refractivity contribution is 0.473. The van der Waals surface area contributed by atoms with Crippen LogP contribution in [0.1, 0.15) is 12.5 Å². The van der Waals surface area contributed by atoms with Crippen LogP contribution in [0.5, 0.6) is 11.5 Å². The van der Waals surface area contributed by atoms with E-state index >= 15 is 0 Å². The number of hydrogen-bond acceptors (Lipinski definition) is 3. The van der Waals surface area contributed by atoms with Crippen LogP contribution in [0.25, 0.3) is 0 Å². The zero-order chi connectivity index (χ0) is 14.4. The van der Waals surface area contributed by atoms with E-state index in [0.717, 1.165) is 28.6 Å². The van der Waals surface area contributed by atoms with Gasteiger partial charge in [-0.15, -0.1) is 11.8 Å². The fraction of sp³-hybridized carbons (Fsp3) is 0.250. The fourth-order valence-electron chi connectivity index (χ4n) is 1.83. The summed E-state index contributed by atoms with van der Waals surface area (Å²) < 4.78 is 5.95. The van der Waals surface area contributed by atoms with E-state index in [1.165, 1.54) is 4.90 Å². The van der Waals surface area contributed by atoms with Crippen molar-refractivity contribution in [2.24, 2.45) is 0 Å². The summed E-state index contributed by atoms with van der Waals surface area (Å²) in [6.07, 6.45) is 2.06. The molecular weight excluding hydrogens is 290 g/mol. The summed E-state index contributed by atoms with van der Waals surface area (Å²) in [6, 6.07) is 13.8. The Bertz CT molecular complexity index is 557. The van der Waals surface area contributed by atoms with Gasteiger partial charge in [0.1, 0.15) is 11.5 Å². The standard InChI is InChI=1S/C16H18ClNOS/c1-3-18-11-14-15(17)5-4-6-16(14)19-12-7-9-13(20-2)10-8-12/h4-10,18H,3,11H2,1-2H3. The van der Waals surface area contributed by atoms with Gasteiger partial charge < -0.3 is 10.1 Å². The van der Waals surface area contributed by atoms with E-state index in [9.17, 15) is 0 Å². The maximum absolute atomic E-state index is 6.26. The van der Waals surface area contributed by atoms with Crippen molar-refractivity contribution < 1.29 is 4.74 Å². The van der Waals surface area contributed by atoms with Gasteiger partial charge in [0.2, 0.25) is 0 Å². The van der Waals surface area contributed by atoms with Gasteiger partial charge in [0.25, 0.3) is 0 Å². The second-order valence-corrected chi connectivity index (χ2v) is 5.56. The van der Waals surface area contributed by atoms with Crippen LogP contribution in [0.4, 0.5) is 0 Å². The van der Waals surface area contributed by atoms with Crippen LogP contribution in [0, 0.1) is 0 Å². The minimum absolute atomic E-state index is 0.703. The third kappa shape index (κ3) is 3.92. The number of rotatable bonds is 6. The van der Waals surface area contributed by atoms with Crippen LogP contribution in [0.2, 0.25) is 5.02 Å². The largest absolute Gasteiger partial charge is 0.457 e. The molecule has 0 bridgehead atoms. The molecule has 106 valence electrons. The van der Waals surface area contributed by atoms with Gasteiger partial charge in [-0.1, -0.05) is 24.6 Å². The van der Waals surface area contributed by atoms with Crippen molar-refractivity contribution in [1.29, 1.82) is 0 Å². The van der Waals surface area contributed by atoms with Crippen molar-refractivity contribution in [3.05, 3.63) is 53.1 Å². The van der Waals surface area contributed by atoms with Crippen LogP contribution < -0.4 is 10.1 Å². The highest BCUT2D eigenvalue weighted by Gasteiger charge is 2.08. The molecule has 0 heterocycles. The van der Waals surface area contributed by atoms with E-state index in [1.54, 1.807) is 11.8 Å². The van der Waals surface area contributed by atoms with E-state index in [4.69, 9.17) is 16.3 Å². The van der Waals surface area contributed by atoms with E-state index in [-0.39, 0.29) is 0 Å². The van der Waals surface area contributed by atoms with Crippen molar-refractivity contribution in [1.82, 2.24) is 5.32 Å². The number of benzene rings is 2. The molecule has 0 aliphatic heterocycles. The van der Waals surface area contributed by atoms with Crippen molar-refractivity contribution in [2.75, 3.05) is 12.8 Å². The van der Waals surface area contributed by atoms with Crippen LogP contribution in [0.15, 0.2) is 47.4 Å². The highest BCUT2D eigenvalue weighted by Crippen LogP contribution is 2.31. The van der Waals surface area contributed by atoms with Gasteiger partial charge in [0.15, 0.2) is 0 Å². The molecule has 2 aromatic rings. The second kappa shape index (κ2) is 7.58. The molecular formula is C16H18ClNOS. The average Bonchev–Trinajstić information content (AvgIpc) is 2.47. The van der Waals surface area contributed by atoms with Crippen LogP contribution in [0.3, 0.4) is 0 Å². The van der Waals surface area contributed by atoms with Crippen molar-refractivity contribution in [3.8, 4) is 11.5 Å². The molecule has 0 atom stereocenters. The molecule has 20 heavy (non-hydrogen) atoms. The summed E-state index contributed by atoms with van der Waals surface area (Å²) in [5.74, 6) is 1.62. The highest BCUT2D eigenvalue weighted by molar-refractivity contribution is 7.98. The molecule has 0 fully saturated rings. The lowest BCUT2D eigenvalue weighted by Gasteiger charge is -2.13. The first-order chi connectivity index (χ1) is 9.74. The maximum atomic E-state index is 6.26. The van der Waals surface area contributed by atoms with Gasteiger partial charge in [0, 0.05) is 22.0 Å². The second-order valence-electron chi connectivity index (χ2n) is 4.27. The summed E-state index contributed by atoms with van der Waals surface area (Å²) in [7, 11) is 0. The lowest BCUT2D eigenvalue weighted by atomic mass is 10.2. The minimum Gasteiger partial charge on any atom is -0.457 e. The van der Waals surface area contributed by atoms with Gasteiger partial charge >= 0.3 is 0 Å². The zero-order valence-corrected chi connectivity index (χ0v) is 13.2. The summed E-state index contributed by atoms with van der Waals surface area (Å²) in [5.41, 5.74) is 0.991. The van der Waals surface area contributed by atoms with E-state index in [2.05, 4.69) is 30.6 Å². The zero-order valence-electron chi connectivity index (χ0n) is 11.7. The first kappa shape index (κ1) is 15.2. The van der Waals surface area contributed by atoms with Gasteiger partial charge in [-0.25, -0.2) is 0 Å². The molecule has 0 aromatic heterocycles. The normalized spacial score (nSPS) is 10.6. The monoisotopic (exact) mass is 307 g/mol. The molecule has 2 rings (SSSR count). The third-order valence-corrected chi connectivity index (χ3v) is 4.01. The van der Waals surface area contributed by atoms with E-state index < -0.39 is 0 Å². The Kier molecular flexibility index (Phi) is 5.77. The summed E-state index contributed by atoms with van der Waals surface area (Å²) >= 11 is 7.97. The van der Waals surface area contributed by atoms with Gasteiger partial charge in [0.05, 0.1) is 0 Å². The molecule has 0 unspecified atom stereocenters. The number of thioether (sulfide) groups is 1. The lowest BCUT2D eigenvalue weighted by Crippen LogP contribution is -2.12. The molecule has 0 spiro atoms. The van der Waals surface area contributed by atoms with Gasteiger partial charge in [-0.05, 0) is 49.2 Å². The van der Waals surface area contributed by atoms with Crippen LogP contribution >= 0.6 is 23.4 Å². The summed E-state index contributed by atoms with van der Waals surface area (Å²) in [6.45, 7) is 3.67. The Morgan fingerprint density at radius 2 is 1.90 bits per heavy atom. The highest BCUT2D eigenvalue weighted by atomic mass is 35.5. The maximum Gasteiger partial charge on any atom is 0.133 e. The molecule has 0 radical (unpaired) electrons. The van der Waals surface area contributed by atoms with Crippen LogP contribution in [-0.2, 0) is 6.54 Å². The van der Waals surface area contributed by atoms with Crippen molar-refractivity contribution in [3.63, 3.8) is 0 Å². The topological polar surface area (TPSA) is 21.3 Å².